The number of carbonyl (C=O) groups excluding carboxylic acids is 1. The highest BCUT2D eigenvalue weighted by atomic mass is 16.2. The van der Waals surface area contributed by atoms with Crippen molar-refractivity contribution in [3.63, 3.8) is 0 Å². The molecular formula is C18H21N3O2. The molecule has 0 unspecified atom stereocenters. The summed E-state index contributed by atoms with van der Waals surface area (Å²) in [5.74, 6) is -0.0103. The second-order valence-corrected chi connectivity index (χ2v) is 6.08. The van der Waals surface area contributed by atoms with Crippen molar-refractivity contribution in [1.29, 1.82) is 0 Å². The Kier molecular flexibility index (Phi) is 3.94. The minimum Gasteiger partial charge on any atom is -0.368 e. The molecule has 1 saturated heterocycles. The summed E-state index contributed by atoms with van der Waals surface area (Å²) in [6, 6.07) is 8.11. The number of aryl methyl sites for hydroxylation is 1. The molecule has 1 fully saturated rings. The first kappa shape index (κ1) is 15.3. The number of fused-ring (bicyclic) bond motifs is 1. The average Bonchev–Trinajstić information content (AvgIpc) is 2.54. The minimum absolute atomic E-state index is 0.0103. The van der Waals surface area contributed by atoms with Crippen molar-refractivity contribution in [3.05, 3.63) is 52.8 Å². The van der Waals surface area contributed by atoms with Crippen LogP contribution >= 0.6 is 0 Å². The number of aromatic amines is 1. The van der Waals surface area contributed by atoms with Gasteiger partial charge in [-0.3, -0.25) is 9.59 Å². The number of benzene rings is 1. The number of anilines is 1. The Morgan fingerprint density at radius 1 is 1.35 bits per heavy atom. The molecule has 1 aliphatic heterocycles. The number of hydrogen-bond acceptors (Lipinski definition) is 3. The van der Waals surface area contributed by atoms with Crippen LogP contribution < -0.4 is 10.5 Å². The fraction of sp³-hybridized carbons (Fsp3) is 0.333. The lowest BCUT2D eigenvalue weighted by Gasteiger charge is -2.40. The molecular weight excluding hydrogens is 290 g/mol. The Bertz CT molecular complexity index is 825. The topological polar surface area (TPSA) is 56.4 Å². The first-order valence-corrected chi connectivity index (χ1v) is 7.81. The summed E-state index contributed by atoms with van der Waals surface area (Å²) in [6.45, 7) is 9.69. The quantitative estimate of drug-likeness (QED) is 0.864. The Hall–Kier alpha value is -2.56. The molecule has 0 spiro atoms. The summed E-state index contributed by atoms with van der Waals surface area (Å²) in [5.41, 5.74) is 2.62. The maximum absolute atomic E-state index is 11.8. The summed E-state index contributed by atoms with van der Waals surface area (Å²) >= 11 is 0. The van der Waals surface area contributed by atoms with E-state index in [1.165, 1.54) is 6.08 Å². The maximum Gasteiger partial charge on any atom is 0.251 e. The van der Waals surface area contributed by atoms with Crippen LogP contribution in [0.4, 0.5) is 5.69 Å². The van der Waals surface area contributed by atoms with Gasteiger partial charge in [-0.25, -0.2) is 0 Å². The molecule has 5 heteroatoms. The lowest BCUT2D eigenvalue weighted by atomic mass is 10.1. The SMILES string of the molecule is C=CC(=O)N1CCN(c2ccc3[nH]c(=O)c(C)cc3c2)C[C@H]1C. The number of hydrogen-bond donors (Lipinski definition) is 1. The first-order valence-electron chi connectivity index (χ1n) is 7.81. The normalized spacial score (nSPS) is 18.3. The van der Waals surface area contributed by atoms with Crippen molar-refractivity contribution in [2.24, 2.45) is 0 Å². The van der Waals surface area contributed by atoms with E-state index in [9.17, 15) is 9.59 Å². The van der Waals surface area contributed by atoms with Gasteiger partial charge in [-0.2, -0.15) is 0 Å². The number of pyridine rings is 1. The maximum atomic E-state index is 11.8. The molecule has 2 aromatic rings. The number of carbonyl (C=O) groups is 1. The molecule has 0 bridgehead atoms. The van der Waals surface area contributed by atoms with Crippen LogP contribution in [0.2, 0.25) is 0 Å². The van der Waals surface area contributed by atoms with Crippen molar-refractivity contribution in [2.45, 2.75) is 19.9 Å². The van der Waals surface area contributed by atoms with E-state index < -0.39 is 0 Å². The van der Waals surface area contributed by atoms with E-state index in [1.807, 2.05) is 30.0 Å². The molecule has 120 valence electrons. The molecule has 0 saturated carbocycles. The van der Waals surface area contributed by atoms with Crippen LogP contribution in [0.1, 0.15) is 12.5 Å². The third kappa shape index (κ3) is 2.86. The summed E-state index contributed by atoms with van der Waals surface area (Å²) in [7, 11) is 0. The molecule has 3 rings (SSSR count). The zero-order chi connectivity index (χ0) is 16.6. The van der Waals surface area contributed by atoms with Gasteiger partial charge in [-0.05, 0) is 44.2 Å². The van der Waals surface area contributed by atoms with Gasteiger partial charge < -0.3 is 14.8 Å². The second kappa shape index (κ2) is 5.91. The highest BCUT2D eigenvalue weighted by Crippen LogP contribution is 2.23. The second-order valence-electron chi connectivity index (χ2n) is 6.08. The zero-order valence-corrected chi connectivity index (χ0v) is 13.5. The van der Waals surface area contributed by atoms with Crippen LogP contribution in [0.25, 0.3) is 10.9 Å². The van der Waals surface area contributed by atoms with Crippen molar-refractivity contribution in [2.75, 3.05) is 24.5 Å². The zero-order valence-electron chi connectivity index (χ0n) is 13.5. The van der Waals surface area contributed by atoms with E-state index in [0.29, 0.717) is 12.1 Å². The van der Waals surface area contributed by atoms with E-state index in [-0.39, 0.29) is 17.5 Å². The predicted molar refractivity (Wildman–Crippen MR) is 92.9 cm³/mol. The predicted octanol–water partition coefficient (Wildman–Crippen LogP) is 2.06. The highest BCUT2D eigenvalue weighted by molar-refractivity contribution is 5.87. The van der Waals surface area contributed by atoms with E-state index in [2.05, 4.69) is 29.5 Å². The molecule has 1 atom stereocenters. The van der Waals surface area contributed by atoms with Gasteiger partial charge >= 0.3 is 0 Å². The summed E-state index contributed by atoms with van der Waals surface area (Å²) < 4.78 is 0. The van der Waals surface area contributed by atoms with Gasteiger partial charge in [0.25, 0.3) is 5.56 Å². The van der Waals surface area contributed by atoms with Gasteiger partial charge in [-0.15, -0.1) is 0 Å². The molecule has 1 aromatic heterocycles. The highest BCUT2D eigenvalue weighted by Gasteiger charge is 2.26. The van der Waals surface area contributed by atoms with Crippen molar-refractivity contribution in [3.8, 4) is 0 Å². The summed E-state index contributed by atoms with van der Waals surface area (Å²) in [5, 5.41) is 1.02. The standard InChI is InChI=1S/C18H21N3O2/c1-4-17(22)21-8-7-20(11-13(21)3)15-5-6-16-14(10-15)9-12(2)18(23)19-16/h4-6,9-10,13H,1,7-8,11H2,2-3H3,(H,19,23)/t13-/m1/s1. The smallest absolute Gasteiger partial charge is 0.251 e. The summed E-state index contributed by atoms with van der Waals surface area (Å²) in [6.07, 6.45) is 1.38. The molecule has 5 nitrogen and oxygen atoms in total. The van der Waals surface area contributed by atoms with Crippen LogP contribution in [0.3, 0.4) is 0 Å². The molecule has 0 aliphatic carbocycles. The van der Waals surface area contributed by atoms with Gasteiger partial charge in [0.1, 0.15) is 0 Å². The lowest BCUT2D eigenvalue weighted by Crippen LogP contribution is -2.53. The number of amides is 1. The first-order chi connectivity index (χ1) is 11.0. The van der Waals surface area contributed by atoms with Crippen LogP contribution in [0.5, 0.6) is 0 Å². The van der Waals surface area contributed by atoms with E-state index in [1.54, 1.807) is 0 Å². The third-order valence-electron chi connectivity index (χ3n) is 4.46. The molecule has 1 N–H and O–H groups in total. The number of piperazine rings is 1. The van der Waals surface area contributed by atoms with Crippen molar-refractivity contribution in [1.82, 2.24) is 9.88 Å². The van der Waals surface area contributed by atoms with Gasteiger partial charge in [0.05, 0.1) is 0 Å². The van der Waals surface area contributed by atoms with Crippen LogP contribution in [0.15, 0.2) is 41.7 Å². The fourth-order valence-corrected chi connectivity index (χ4v) is 3.14. The molecule has 2 heterocycles. The number of rotatable bonds is 2. The molecule has 0 radical (unpaired) electrons. The number of nitrogens with zero attached hydrogens (tertiary/aromatic N) is 2. The molecule has 23 heavy (non-hydrogen) atoms. The van der Waals surface area contributed by atoms with Crippen LogP contribution in [-0.4, -0.2) is 41.5 Å². The van der Waals surface area contributed by atoms with Gasteiger partial charge in [0.2, 0.25) is 5.91 Å². The Labute approximate surface area is 135 Å². The van der Waals surface area contributed by atoms with Crippen molar-refractivity contribution < 1.29 is 4.79 Å². The molecule has 1 amide bonds. The summed E-state index contributed by atoms with van der Waals surface area (Å²) in [4.78, 5) is 30.5. The average molecular weight is 311 g/mol. The van der Waals surface area contributed by atoms with E-state index >= 15 is 0 Å². The Morgan fingerprint density at radius 3 is 2.83 bits per heavy atom. The molecule has 1 aliphatic rings. The van der Waals surface area contributed by atoms with Crippen LogP contribution in [-0.2, 0) is 4.79 Å². The minimum atomic E-state index is -0.0459. The van der Waals surface area contributed by atoms with Crippen LogP contribution in [0, 0.1) is 6.92 Å². The van der Waals surface area contributed by atoms with E-state index in [4.69, 9.17) is 0 Å². The van der Waals surface area contributed by atoms with Gasteiger partial charge in [0, 0.05) is 47.8 Å². The number of H-pyrrole nitrogens is 1. The van der Waals surface area contributed by atoms with Gasteiger partial charge in [-0.1, -0.05) is 6.58 Å². The lowest BCUT2D eigenvalue weighted by molar-refractivity contribution is -0.128. The van der Waals surface area contributed by atoms with E-state index in [0.717, 1.165) is 29.7 Å². The largest absolute Gasteiger partial charge is 0.368 e. The molecule has 1 aromatic carbocycles. The Balaban J connectivity index is 1.87. The fourth-order valence-electron chi connectivity index (χ4n) is 3.14. The van der Waals surface area contributed by atoms with Gasteiger partial charge in [0.15, 0.2) is 0 Å². The van der Waals surface area contributed by atoms with Crippen molar-refractivity contribution >= 4 is 22.5 Å². The number of nitrogens with one attached hydrogen (secondary N) is 1. The Morgan fingerprint density at radius 2 is 2.13 bits per heavy atom. The third-order valence-corrected chi connectivity index (χ3v) is 4.46. The monoisotopic (exact) mass is 311 g/mol. The number of aromatic nitrogens is 1.